The molecule has 0 spiro atoms. The lowest BCUT2D eigenvalue weighted by Gasteiger charge is -2.16. The van der Waals surface area contributed by atoms with E-state index in [-0.39, 0.29) is 17.0 Å². The van der Waals surface area contributed by atoms with Gasteiger partial charge in [0.15, 0.2) is 5.75 Å². The minimum absolute atomic E-state index is 0.0471. The monoisotopic (exact) mass is 393 g/mol. The first-order chi connectivity index (χ1) is 13.3. The molecule has 0 aliphatic rings. The van der Waals surface area contributed by atoms with Gasteiger partial charge in [-0.15, -0.1) is 0 Å². The Morgan fingerprint density at radius 1 is 1.07 bits per heavy atom. The molecule has 5 nitrogen and oxygen atoms in total. The van der Waals surface area contributed by atoms with Crippen LogP contribution in [0.2, 0.25) is 0 Å². The van der Waals surface area contributed by atoms with Crippen molar-refractivity contribution < 1.29 is 32.3 Å². The predicted octanol–water partition coefficient (Wildman–Crippen LogP) is 4.42. The number of rotatable bonds is 7. The maximum atomic E-state index is 12.8. The summed E-state index contributed by atoms with van der Waals surface area (Å²) in [5, 5.41) is 0. The molecule has 28 heavy (non-hydrogen) atoms. The Kier molecular flexibility index (Phi) is 6.70. The molecule has 2 rings (SSSR count). The van der Waals surface area contributed by atoms with Crippen molar-refractivity contribution in [2.75, 3.05) is 14.2 Å². The van der Waals surface area contributed by atoms with Gasteiger partial charge in [-0.1, -0.05) is 36.9 Å². The summed E-state index contributed by atoms with van der Waals surface area (Å²) in [5.74, 6) is -0.671. The summed E-state index contributed by atoms with van der Waals surface area (Å²) >= 11 is 0. The molecule has 0 amide bonds. The second-order valence-electron chi connectivity index (χ2n) is 5.51. The fraction of sp³-hybridized carbons (Fsp3) is 0.150. The molecule has 0 radical (unpaired) electrons. The van der Waals surface area contributed by atoms with E-state index in [1.807, 2.05) is 0 Å². The molecular weight excluding hydrogens is 375 g/mol. The standard InChI is InChI=1S/C20H18F3NO4/c1-13(24-28-15-8-6-7-14(11-15)20(21,22)23)16-9-4-5-10-17(16)18(12-26-2)19(25)27-3/h4-12,24H,1H2,2-3H3. The molecule has 2 aromatic rings. The van der Waals surface area contributed by atoms with Gasteiger partial charge in [-0.05, 0) is 18.2 Å². The molecule has 0 aliphatic carbocycles. The van der Waals surface area contributed by atoms with Gasteiger partial charge in [0.05, 0.1) is 31.7 Å². The summed E-state index contributed by atoms with van der Waals surface area (Å²) in [6, 6.07) is 11.1. The molecule has 0 aromatic heterocycles. The zero-order valence-electron chi connectivity index (χ0n) is 15.2. The van der Waals surface area contributed by atoms with Crippen molar-refractivity contribution in [1.29, 1.82) is 0 Å². The van der Waals surface area contributed by atoms with Crippen LogP contribution in [0, 0.1) is 0 Å². The Morgan fingerprint density at radius 3 is 2.36 bits per heavy atom. The lowest BCUT2D eigenvalue weighted by Crippen LogP contribution is -2.18. The quantitative estimate of drug-likeness (QED) is 0.327. The summed E-state index contributed by atoms with van der Waals surface area (Å²) in [6.45, 7) is 3.82. The van der Waals surface area contributed by atoms with Crippen molar-refractivity contribution in [1.82, 2.24) is 5.48 Å². The fourth-order valence-electron chi connectivity index (χ4n) is 2.34. The Balaban J connectivity index is 2.24. The minimum atomic E-state index is -4.48. The van der Waals surface area contributed by atoms with Crippen LogP contribution in [0.5, 0.6) is 5.75 Å². The van der Waals surface area contributed by atoms with E-state index in [1.54, 1.807) is 24.3 Å². The first-order valence-electron chi connectivity index (χ1n) is 7.98. The topological polar surface area (TPSA) is 56.8 Å². The first-order valence-corrected chi connectivity index (χ1v) is 7.98. The van der Waals surface area contributed by atoms with Gasteiger partial charge in [-0.3, -0.25) is 0 Å². The Labute approximate surface area is 160 Å². The number of hydroxylamine groups is 1. The van der Waals surface area contributed by atoms with E-state index in [4.69, 9.17) is 14.3 Å². The SMILES string of the molecule is C=C(NOc1cccc(C(F)(F)F)c1)c1ccccc1C(=COC)C(=O)OC. The van der Waals surface area contributed by atoms with Gasteiger partial charge in [-0.25, -0.2) is 10.3 Å². The zero-order valence-corrected chi connectivity index (χ0v) is 15.2. The van der Waals surface area contributed by atoms with Crippen molar-refractivity contribution in [3.8, 4) is 5.75 Å². The molecule has 0 saturated carbocycles. The number of carbonyl (C=O) groups excluding carboxylic acids is 1. The third-order valence-corrected chi connectivity index (χ3v) is 3.64. The molecule has 0 aliphatic heterocycles. The molecule has 0 heterocycles. The van der Waals surface area contributed by atoms with Gasteiger partial charge in [-0.2, -0.15) is 13.2 Å². The summed E-state index contributed by atoms with van der Waals surface area (Å²) in [6.07, 6.45) is -3.26. The number of esters is 1. The van der Waals surface area contributed by atoms with Crippen LogP contribution >= 0.6 is 0 Å². The minimum Gasteiger partial charge on any atom is -0.503 e. The van der Waals surface area contributed by atoms with Crippen molar-refractivity contribution >= 4 is 17.2 Å². The van der Waals surface area contributed by atoms with Crippen LogP contribution in [-0.2, 0) is 20.4 Å². The second kappa shape index (κ2) is 8.98. The summed E-state index contributed by atoms with van der Waals surface area (Å²) in [4.78, 5) is 17.3. The number of ether oxygens (including phenoxy) is 2. The van der Waals surface area contributed by atoms with Crippen LogP contribution < -0.4 is 10.3 Å². The molecule has 0 fully saturated rings. The Hall–Kier alpha value is -3.42. The third kappa shape index (κ3) is 5.06. The van der Waals surface area contributed by atoms with E-state index in [9.17, 15) is 18.0 Å². The normalized spacial score (nSPS) is 11.5. The van der Waals surface area contributed by atoms with Crippen molar-refractivity contribution in [3.05, 3.63) is 78.1 Å². The highest BCUT2D eigenvalue weighted by Crippen LogP contribution is 2.31. The highest BCUT2D eigenvalue weighted by molar-refractivity contribution is 6.17. The molecular formula is C20H18F3NO4. The average Bonchev–Trinajstić information content (AvgIpc) is 2.69. The summed E-state index contributed by atoms with van der Waals surface area (Å²) < 4.78 is 48.1. The third-order valence-electron chi connectivity index (χ3n) is 3.64. The van der Waals surface area contributed by atoms with Crippen molar-refractivity contribution in [3.63, 3.8) is 0 Å². The van der Waals surface area contributed by atoms with Crippen LogP contribution in [0.3, 0.4) is 0 Å². The average molecular weight is 393 g/mol. The molecule has 148 valence electrons. The Morgan fingerprint density at radius 2 is 1.75 bits per heavy atom. The summed E-state index contributed by atoms with van der Waals surface area (Å²) in [5.41, 5.74) is 2.95. The van der Waals surface area contributed by atoms with Crippen LogP contribution in [-0.4, -0.2) is 20.2 Å². The molecule has 0 atom stereocenters. The van der Waals surface area contributed by atoms with E-state index < -0.39 is 17.7 Å². The Bertz CT molecular complexity index is 891. The zero-order chi connectivity index (χ0) is 20.7. The van der Waals surface area contributed by atoms with Gasteiger partial charge in [0.25, 0.3) is 0 Å². The van der Waals surface area contributed by atoms with Crippen LogP contribution in [0.1, 0.15) is 16.7 Å². The number of carbonyl (C=O) groups is 1. The maximum Gasteiger partial charge on any atom is 0.416 e. The van der Waals surface area contributed by atoms with Crippen molar-refractivity contribution in [2.45, 2.75) is 6.18 Å². The van der Waals surface area contributed by atoms with Crippen molar-refractivity contribution in [2.24, 2.45) is 0 Å². The first kappa shape index (κ1) is 20.9. The lowest BCUT2D eigenvalue weighted by molar-refractivity contribution is -0.137. The predicted molar refractivity (Wildman–Crippen MR) is 97.7 cm³/mol. The van der Waals surface area contributed by atoms with E-state index >= 15 is 0 Å². The molecule has 2 aromatic carbocycles. The number of nitrogens with one attached hydrogen (secondary N) is 1. The number of hydrogen-bond acceptors (Lipinski definition) is 5. The molecule has 0 saturated heterocycles. The van der Waals surface area contributed by atoms with E-state index in [0.29, 0.717) is 11.1 Å². The number of alkyl halides is 3. The van der Waals surface area contributed by atoms with Gasteiger partial charge in [0, 0.05) is 11.1 Å². The molecule has 0 unspecified atom stereocenters. The van der Waals surface area contributed by atoms with E-state index in [0.717, 1.165) is 12.1 Å². The largest absolute Gasteiger partial charge is 0.503 e. The summed E-state index contributed by atoms with van der Waals surface area (Å²) in [7, 11) is 2.62. The highest BCUT2D eigenvalue weighted by Gasteiger charge is 2.30. The number of halogens is 3. The van der Waals surface area contributed by atoms with Crippen LogP contribution in [0.25, 0.3) is 11.3 Å². The molecule has 0 bridgehead atoms. The fourth-order valence-corrected chi connectivity index (χ4v) is 2.34. The molecule has 1 N–H and O–H groups in total. The number of benzene rings is 2. The maximum absolute atomic E-state index is 12.8. The second-order valence-corrected chi connectivity index (χ2v) is 5.51. The van der Waals surface area contributed by atoms with Gasteiger partial charge in [0.2, 0.25) is 0 Å². The number of hydrogen-bond donors (Lipinski definition) is 1. The lowest BCUT2D eigenvalue weighted by atomic mass is 9.99. The van der Waals surface area contributed by atoms with Gasteiger partial charge in [0.1, 0.15) is 5.57 Å². The number of methoxy groups -OCH3 is 2. The van der Waals surface area contributed by atoms with Crippen LogP contribution in [0.15, 0.2) is 61.4 Å². The van der Waals surface area contributed by atoms with Gasteiger partial charge >= 0.3 is 12.1 Å². The van der Waals surface area contributed by atoms with E-state index in [2.05, 4.69) is 12.1 Å². The highest BCUT2D eigenvalue weighted by atomic mass is 19.4. The van der Waals surface area contributed by atoms with Crippen LogP contribution in [0.4, 0.5) is 13.2 Å². The molecule has 8 heteroatoms. The van der Waals surface area contributed by atoms with E-state index in [1.165, 1.54) is 32.6 Å². The van der Waals surface area contributed by atoms with Gasteiger partial charge < -0.3 is 14.3 Å². The smallest absolute Gasteiger partial charge is 0.416 e.